The van der Waals surface area contributed by atoms with Gasteiger partial charge in [0.1, 0.15) is 4.83 Å². The Morgan fingerprint density at radius 3 is 2.79 bits per heavy atom. The maximum Gasteiger partial charge on any atom is 0.260 e. The van der Waals surface area contributed by atoms with E-state index < -0.39 is 0 Å². The molecule has 3 rings (SSSR count). The highest BCUT2D eigenvalue weighted by atomic mass is 32.1. The van der Waals surface area contributed by atoms with Gasteiger partial charge in [-0.3, -0.25) is 9.78 Å². The molecule has 0 atom stereocenters. The van der Waals surface area contributed by atoms with E-state index in [4.69, 9.17) is 0 Å². The normalized spacial score (nSPS) is 10.7. The molecular formula is C13H9N3O2S. The van der Waals surface area contributed by atoms with Gasteiger partial charge in [0.2, 0.25) is 0 Å². The number of pyridine rings is 1. The lowest BCUT2D eigenvalue weighted by Crippen LogP contribution is -2.10. The van der Waals surface area contributed by atoms with E-state index >= 15 is 0 Å². The molecule has 0 saturated heterocycles. The minimum Gasteiger partial charge on any atom is -0.505 e. The van der Waals surface area contributed by atoms with E-state index in [2.05, 4.69) is 21.5 Å². The molecule has 0 aliphatic carbocycles. The van der Waals surface area contributed by atoms with Crippen LogP contribution in [0.15, 0.2) is 41.3 Å². The van der Waals surface area contributed by atoms with Gasteiger partial charge >= 0.3 is 0 Å². The fourth-order valence-electron chi connectivity index (χ4n) is 1.83. The summed E-state index contributed by atoms with van der Waals surface area (Å²) in [7, 11) is 0. The molecule has 94 valence electrons. The van der Waals surface area contributed by atoms with Crippen LogP contribution in [0.5, 0.6) is 0 Å². The smallest absolute Gasteiger partial charge is 0.260 e. The molecule has 3 aromatic rings. The summed E-state index contributed by atoms with van der Waals surface area (Å²) in [4.78, 5) is 23.3. The van der Waals surface area contributed by atoms with Crippen LogP contribution in [0, 0.1) is 0 Å². The van der Waals surface area contributed by atoms with Gasteiger partial charge in [-0.25, -0.2) is 4.98 Å². The Morgan fingerprint density at radius 1 is 1.37 bits per heavy atom. The quantitative estimate of drug-likeness (QED) is 0.702. The number of aliphatic hydroxyl groups is 1. The SMILES string of the molecule is C=C(O)c1nc2scc(-c3ccncc3)c2c(=O)[nH]1. The standard InChI is InChI=1S/C13H9N3O2S/c1-7(17)11-15-12(18)10-9(6-19-13(10)16-11)8-2-4-14-5-3-8/h2-6,17H,1H2,(H,15,16,18). The van der Waals surface area contributed by atoms with Gasteiger partial charge < -0.3 is 10.1 Å². The number of nitrogens with zero attached hydrogens (tertiary/aromatic N) is 2. The number of H-pyrrole nitrogens is 1. The molecule has 2 N–H and O–H groups in total. The fourth-order valence-corrected chi connectivity index (χ4v) is 2.78. The third-order valence-corrected chi connectivity index (χ3v) is 3.58. The molecule has 3 heterocycles. The van der Waals surface area contributed by atoms with E-state index in [0.717, 1.165) is 11.1 Å². The number of aromatic amines is 1. The highest BCUT2D eigenvalue weighted by Gasteiger charge is 2.13. The maximum atomic E-state index is 12.1. The predicted molar refractivity (Wildman–Crippen MR) is 75.1 cm³/mol. The molecule has 0 aromatic carbocycles. The summed E-state index contributed by atoms with van der Waals surface area (Å²) in [6.45, 7) is 3.36. The summed E-state index contributed by atoms with van der Waals surface area (Å²) in [6.07, 6.45) is 3.34. The summed E-state index contributed by atoms with van der Waals surface area (Å²) in [5.74, 6) is -0.154. The van der Waals surface area contributed by atoms with Crippen LogP contribution in [-0.4, -0.2) is 20.1 Å². The summed E-state index contributed by atoms with van der Waals surface area (Å²) >= 11 is 1.35. The van der Waals surface area contributed by atoms with E-state index in [1.54, 1.807) is 12.4 Å². The van der Waals surface area contributed by atoms with Gasteiger partial charge in [-0.2, -0.15) is 0 Å². The Morgan fingerprint density at radius 2 is 2.11 bits per heavy atom. The second-order valence-corrected chi connectivity index (χ2v) is 4.78. The third-order valence-electron chi connectivity index (χ3n) is 2.71. The minimum atomic E-state index is -0.289. The zero-order valence-corrected chi connectivity index (χ0v) is 10.6. The summed E-state index contributed by atoms with van der Waals surface area (Å²) in [5, 5.41) is 11.7. The Hall–Kier alpha value is -2.47. The van der Waals surface area contributed by atoms with Crippen molar-refractivity contribution in [3.63, 3.8) is 0 Å². The van der Waals surface area contributed by atoms with Crippen LogP contribution in [0.1, 0.15) is 5.82 Å². The Kier molecular flexibility index (Phi) is 2.64. The van der Waals surface area contributed by atoms with Gasteiger partial charge in [-0.05, 0) is 17.7 Å². The molecule has 0 saturated carbocycles. The number of fused-ring (bicyclic) bond motifs is 1. The third kappa shape index (κ3) is 1.92. The summed E-state index contributed by atoms with van der Waals surface area (Å²) in [6, 6.07) is 3.67. The van der Waals surface area contributed by atoms with Crippen molar-refractivity contribution in [1.82, 2.24) is 15.0 Å². The number of nitrogens with one attached hydrogen (secondary N) is 1. The van der Waals surface area contributed by atoms with Crippen LogP contribution in [0.4, 0.5) is 0 Å². The molecule has 0 amide bonds. The monoisotopic (exact) mass is 271 g/mol. The molecular weight excluding hydrogens is 262 g/mol. The molecule has 5 nitrogen and oxygen atoms in total. The first kappa shape index (κ1) is 11.6. The summed E-state index contributed by atoms with van der Waals surface area (Å²) in [5.41, 5.74) is 1.43. The van der Waals surface area contributed by atoms with Gasteiger partial charge in [0.15, 0.2) is 11.6 Å². The minimum absolute atomic E-state index is 0.0978. The average Bonchev–Trinajstić information content (AvgIpc) is 2.84. The van der Waals surface area contributed by atoms with Gasteiger partial charge in [0.25, 0.3) is 5.56 Å². The molecule has 19 heavy (non-hydrogen) atoms. The molecule has 0 spiro atoms. The number of hydrogen-bond acceptors (Lipinski definition) is 5. The average molecular weight is 271 g/mol. The van der Waals surface area contributed by atoms with Crippen molar-refractivity contribution in [3.05, 3.63) is 52.7 Å². The predicted octanol–water partition coefficient (Wildman–Crippen LogP) is 2.58. The lowest BCUT2D eigenvalue weighted by atomic mass is 10.1. The fraction of sp³-hybridized carbons (Fsp3) is 0. The number of aliphatic hydroxyl groups excluding tert-OH is 1. The van der Waals surface area contributed by atoms with Crippen LogP contribution in [0.3, 0.4) is 0 Å². The van der Waals surface area contributed by atoms with Crippen molar-refractivity contribution >= 4 is 27.3 Å². The van der Waals surface area contributed by atoms with Gasteiger partial charge in [-0.1, -0.05) is 6.58 Å². The molecule has 3 aromatic heterocycles. The molecule has 6 heteroatoms. The van der Waals surface area contributed by atoms with Gasteiger partial charge in [0, 0.05) is 23.3 Å². The molecule has 0 aliphatic heterocycles. The highest BCUT2D eigenvalue weighted by molar-refractivity contribution is 7.17. The number of thiophene rings is 1. The van der Waals surface area contributed by atoms with Crippen molar-refractivity contribution < 1.29 is 5.11 Å². The van der Waals surface area contributed by atoms with Crippen LogP contribution in [0.25, 0.3) is 27.1 Å². The van der Waals surface area contributed by atoms with Crippen molar-refractivity contribution in [2.24, 2.45) is 0 Å². The van der Waals surface area contributed by atoms with E-state index in [-0.39, 0.29) is 17.1 Å². The maximum absolute atomic E-state index is 12.1. The van der Waals surface area contributed by atoms with Gasteiger partial charge in [0.05, 0.1) is 5.39 Å². The first-order valence-corrected chi connectivity index (χ1v) is 6.35. The van der Waals surface area contributed by atoms with E-state index in [9.17, 15) is 9.90 Å². The van der Waals surface area contributed by atoms with Crippen LogP contribution >= 0.6 is 11.3 Å². The summed E-state index contributed by atoms with van der Waals surface area (Å²) < 4.78 is 0. The van der Waals surface area contributed by atoms with E-state index in [0.29, 0.717) is 10.2 Å². The Bertz CT molecular complexity index is 821. The van der Waals surface area contributed by atoms with Gasteiger partial charge in [-0.15, -0.1) is 11.3 Å². The van der Waals surface area contributed by atoms with Crippen molar-refractivity contribution in [2.45, 2.75) is 0 Å². The molecule has 0 unspecified atom stereocenters. The second-order valence-electron chi connectivity index (χ2n) is 3.93. The zero-order valence-electron chi connectivity index (χ0n) is 9.75. The zero-order chi connectivity index (χ0) is 13.4. The topological polar surface area (TPSA) is 78.9 Å². The Labute approximate surface area is 111 Å². The largest absolute Gasteiger partial charge is 0.505 e. The Balaban J connectivity index is 2.31. The number of rotatable bonds is 2. The number of hydrogen-bond donors (Lipinski definition) is 2. The first-order valence-electron chi connectivity index (χ1n) is 5.47. The first-order chi connectivity index (χ1) is 9.16. The molecule has 0 aliphatic rings. The van der Waals surface area contributed by atoms with E-state index in [1.807, 2.05) is 17.5 Å². The van der Waals surface area contributed by atoms with E-state index in [1.165, 1.54) is 11.3 Å². The lowest BCUT2D eigenvalue weighted by Gasteiger charge is -2.00. The second kappa shape index (κ2) is 4.33. The van der Waals surface area contributed by atoms with Crippen LogP contribution in [-0.2, 0) is 0 Å². The molecule has 0 bridgehead atoms. The lowest BCUT2D eigenvalue weighted by molar-refractivity contribution is 0.507. The van der Waals surface area contributed by atoms with Crippen molar-refractivity contribution in [1.29, 1.82) is 0 Å². The van der Waals surface area contributed by atoms with Crippen LogP contribution in [0.2, 0.25) is 0 Å². The van der Waals surface area contributed by atoms with Crippen LogP contribution < -0.4 is 5.56 Å². The van der Waals surface area contributed by atoms with Crippen molar-refractivity contribution in [2.75, 3.05) is 0 Å². The number of aromatic nitrogens is 3. The van der Waals surface area contributed by atoms with Crippen molar-refractivity contribution in [3.8, 4) is 11.1 Å². The highest BCUT2D eigenvalue weighted by Crippen LogP contribution is 2.30. The molecule has 0 fully saturated rings. The molecule has 0 radical (unpaired) electrons.